The van der Waals surface area contributed by atoms with Gasteiger partial charge in [-0.1, -0.05) is 36.4 Å². The van der Waals surface area contributed by atoms with Crippen LogP contribution in [-0.2, 0) is 0 Å². The standard InChI is InChI=1S/C17H16N2O3/c1-11-15(12-7-4-3-5-8-12)18-17(19(11)21)13-9-6-10-14(22-2)16(13)20/h3-10,20-21H,1-2H3. The quantitative estimate of drug-likeness (QED) is 0.726. The van der Waals surface area contributed by atoms with Crippen molar-refractivity contribution in [3.63, 3.8) is 0 Å². The van der Waals surface area contributed by atoms with Crippen LogP contribution >= 0.6 is 0 Å². The highest BCUT2D eigenvalue weighted by molar-refractivity contribution is 5.73. The molecule has 3 rings (SSSR count). The van der Waals surface area contributed by atoms with E-state index in [0.717, 1.165) is 10.3 Å². The molecule has 0 fully saturated rings. The van der Waals surface area contributed by atoms with E-state index in [1.165, 1.54) is 7.11 Å². The molecule has 0 saturated carbocycles. The van der Waals surface area contributed by atoms with Gasteiger partial charge < -0.3 is 15.1 Å². The fourth-order valence-electron chi connectivity index (χ4n) is 2.40. The Labute approximate surface area is 128 Å². The lowest BCUT2D eigenvalue weighted by Gasteiger charge is -2.08. The molecule has 0 bridgehead atoms. The summed E-state index contributed by atoms with van der Waals surface area (Å²) in [6.45, 7) is 1.77. The number of methoxy groups -OCH3 is 1. The summed E-state index contributed by atoms with van der Waals surface area (Å²) in [7, 11) is 1.48. The first kappa shape index (κ1) is 14.0. The van der Waals surface area contributed by atoms with Crippen molar-refractivity contribution in [2.24, 2.45) is 0 Å². The third-order valence-electron chi connectivity index (χ3n) is 3.59. The number of nitrogens with zero attached hydrogens (tertiary/aromatic N) is 2. The Hall–Kier alpha value is -2.95. The average Bonchev–Trinajstić information content (AvgIpc) is 2.84. The van der Waals surface area contributed by atoms with Crippen molar-refractivity contribution in [2.75, 3.05) is 7.11 Å². The van der Waals surface area contributed by atoms with Crippen LogP contribution in [0, 0.1) is 6.92 Å². The number of para-hydroxylation sites is 1. The predicted octanol–water partition coefficient (Wildman–Crippen LogP) is 3.48. The lowest BCUT2D eigenvalue weighted by molar-refractivity contribution is 0.184. The molecule has 0 spiro atoms. The highest BCUT2D eigenvalue weighted by Crippen LogP contribution is 2.37. The van der Waals surface area contributed by atoms with Crippen molar-refractivity contribution in [1.82, 2.24) is 9.71 Å². The van der Waals surface area contributed by atoms with E-state index in [2.05, 4.69) is 4.98 Å². The van der Waals surface area contributed by atoms with Crippen LogP contribution in [0.2, 0.25) is 0 Å². The Morgan fingerprint density at radius 1 is 1.05 bits per heavy atom. The molecule has 22 heavy (non-hydrogen) atoms. The number of aromatic hydroxyl groups is 1. The van der Waals surface area contributed by atoms with Crippen LogP contribution in [0.25, 0.3) is 22.6 Å². The molecule has 2 aromatic carbocycles. The van der Waals surface area contributed by atoms with E-state index in [1.54, 1.807) is 25.1 Å². The molecule has 0 aliphatic heterocycles. The molecule has 1 aromatic heterocycles. The van der Waals surface area contributed by atoms with Crippen LogP contribution in [0.3, 0.4) is 0 Å². The molecule has 0 atom stereocenters. The molecule has 0 aliphatic carbocycles. The molecule has 0 unspecified atom stereocenters. The summed E-state index contributed by atoms with van der Waals surface area (Å²) < 4.78 is 6.08. The number of phenols is 1. The molecule has 0 amide bonds. The zero-order chi connectivity index (χ0) is 15.7. The van der Waals surface area contributed by atoms with Crippen LogP contribution in [0.15, 0.2) is 48.5 Å². The summed E-state index contributed by atoms with van der Waals surface area (Å²) in [5.74, 6) is 0.553. The minimum absolute atomic E-state index is 0.0510. The monoisotopic (exact) mass is 296 g/mol. The van der Waals surface area contributed by atoms with Crippen LogP contribution in [0.5, 0.6) is 11.5 Å². The van der Waals surface area contributed by atoms with Crippen molar-refractivity contribution in [3.8, 4) is 34.1 Å². The number of benzene rings is 2. The third kappa shape index (κ3) is 2.16. The number of hydrogen-bond acceptors (Lipinski definition) is 4. The van der Waals surface area contributed by atoms with Crippen molar-refractivity contribution in [1.29, 1.82) is 0 Å². The molecule has 112 valence electrons. The van der Waals surface area contributed by atoms with Crippen molar-refractivity contribution >= 4 is 0 Å². The summed E-state index contributed by atoms with van der Waals surface area (Å²) >= 11 is 0. The fourth-order valence-corrected chi connectivity index (χ4v) is 2.40. The molecule has 3 aromatic rings. The van der Waals surface area contributed by atoms with Gasteiger partial charge in [-0.15, -0.1) is 0 Å². The van der Waals surface area contributed by atoms with Gasteiger partial charge in [0.15, 0.2) is 17.3 Å². The summed E-state index contributed by atoms with van der Waals surface area (Å²) in [5.41, 5.74) is 2.58. The van der Waals surface area contributed by atoms with Gasteiger partial charge in [0, 0.05) is 5.56 Å². The lowest BCUT2D eigenvalue weighted by atomic mass is 10.1. The number of imidazole rings is 1. The zero-order valence-electron chi connectivity index (χ0n) is 12.3. The van der Waals surface area contributed by atoms with E-state index in [-0.39, 0.29) is 11.6 Å². The fraction of sp³-hybridized carbons (Fsp3) is 0.118. The maximum atomic E-state index is 10.3. The predicted molar refractivity (Wildman–Crippen MR) is 83.2 cm³/mol. The van der Waals surface area contributed by atoms with Gasteiger partial charge in [-0.25, -0.2) is 4.98 Å². The molecular weight excluding hydrogens is 280 g/mol. The van der Waals surface area contributed by atoms with Crippen LogP contribution in [-0.4, -0.2) is 27.1 Å². The summed E-state index contributed by atoms with van der Waals surface area (Å²) in [4.78, 5) is 4.48. The molecule has 0 saturated heterocycles. The first-order valence-corrected chi connectivity index (χ1v) is 6.84. The molecule has 0 radical (unpaired) electrons. The number of hydrogen-bond donors (Lipinski definition) is 2. The van der Waals surface area contributed by atoms with Gasteiger partial charge in [0.1, 0.15) is 0 Å². The number of rotatable bonds is 3. The maximum Gasteiger partial charge on any atom is 0.180 e. The molecule has 0 aliphatic rings. The molecular formula is C17H16N2O3. The largest absolute Gasteiger partial charge is 0.504 e. The minimum atomic E-state index is -0.0510. The summed E-state index contributed by atoms with van der Waals surface area (Å²) in [5, 5.41) is 20.6. The van der Waals surface area contributed by atoms with Gasteiger partial charge in [0.2, 0.25) is 0 Å². The first-order chi connectivity index (χ1) is 10.6. The topological polar surface area (TPSA) is 67.5 Å². The molecule has 2 N–H and O–H groups in total. The Bertz CT molecular complexity index is 810. The molecule has 1 heterocycles. The third-order valence-corrected chi connectivity index (χ3v) is 3.59. The second-order valence-electron chi connectivity index (χ2n) is 4.90. The summed E-state index contributed by atoms with van der Waals surface area (Å²) in [6, 6.07) is 14.6. The van der Waals surface area contributed by atoms with Crippen molar-refractivity contribution in [3.05, 3.63) is 54.2 Å². The normalized spacial score (nSPS) is 10.6. The van der Waals surface area contributed by atoms with Gasteiger partial charge in [-0.3, -0.25) is 0 Å². The van der Waals surface area contributed by atoms with E-state index in [9.17, 15) is 10.3 Å². The van der Waals surface area contributed by atoms with Gasteiger partial charge in [0.25, 0.3) is 0 Å². The average molecular weight is 296 g/mol. The maximum absolute atomic E-state index is 10.3. The minimum Gasteiger partial charge on any atom is -0.504 e. The van der Waals surface area contributed by atoms with Crippen molar-refractivity contribution in [2.45, 2.75) is 6.92 Å². The van der Waals surface area contributed by atoms with Crippen LogP contribution < -0.4 is 4.74 Å². The number of aromatic nitrogens is 2. The van der Waals surface area contributed by atoms with E-state index in [0.29, 0.717) is 22.7 Å². The van der Waals surface area contributed by atoms with E-state index >= 15 is 0 Å². The zero-order valence-corrected chi connectivity index (χ0v) is 12.3. The Balaban J connectivity index is 2.18. The van der Waals surface area contributed by atoms with E-state index in [1.807, 2.05) is 30.3 Å². The van der Waals surface area contributed by atoms with Gasteiger partial charge >= 0.3 is 0 Å². The SMILES string of the molecule is COc1cccc(-c2nc(-c3ccccc3)c(C)n2O)c1O. The smallest absolute Gasteiger partial charge is 0.180 e. The second-order valence-corrected chi connectivity index (χ2v) is 4.90. The van der Waals surface area contributed by atoms with E-state index in [4.69, 9.17) is 4.74 Å². The van der Waals surface area contributed by atoms with Gasteiger partial charge in [-0.2, -0.15) is 4.73 Å². The molecule has 5 heteroatoms. The highest BCUT2D eigenvalue weighted by Gasteiger charge is 2.20. The Morgan fingerprint density at radius 3 is 2.45 bits per heavy atom. The molecule has 5 nitrogen and oxygen atoms in total. The number of phenolic OH excluding ortho intramolecular Hbond substituents is 1. The lowest BCUT2D eigenvalue weighted by Crippen LogP contribution is -1.97. The first-order valence-electron chi connectivity index (χ1n) is 6.84. The van der Waals surface area contributed by atoms with Crippen LogP contribution in [0.4, 0.5) is 0 Å². The highest BCUT2D eigenvalue weighted by atomic mass is 16.5. The summed E-state index contributed by atoms with van der Waals surface area (Å²) in [6.07, 6.45) is 0. The van der Waals surface area contributed by atoms with Gasteiger partial charge in [-0.05, 0) is 19.1 Å². The Morgan fingerprint density at radius 2 is 1.77 bits per heavy atom. The second kappa shape index (κ2) is 5.44. The van der Waals surface area contributed by atoms with E-state index < -0.39 is 0 Å². The Kier molecular flexibility index (Phi) is 3.47. The van der Waals surface area contributed by atoms with Crippen LogP contribution in [0.1, 0.15) is 5.69 Å². The number of ether oxygens (including phenoxy) is 1. The van der Waals surface area contributed by atoms with Gasteiger partial charge in [0.05, 0.1) is 24.1 Å². The van der Waals surface area contributed by atoms with Crippen molar-refractivity contribution < 1.29 is 15.1 Å².